The number of rotatable bonds is 6. The third-order valence-electron chi connectivity index (χ3n) is 4.11. The number of hydrogen-bond acceptors (Lipinski definition) is 2. The van der Waals surface area contributed by atoms with Gasteiger partial charge in [-0.1, -0.05) is 12.1 Å². The van der Waals surface area contributed by atoms with Crippen LogP contribution in [-0.4, -0.2) is 27.9 Å². The van der Waals surface area contributed by atoms with Crippen molar-refractivity contribution in [3.63, 3.8) is 0 Å². The van der Waals surface area contributed by atoms with E-state index in [-0.39, 0.29) is 18.7 Å². The number of alkyl halides is 2. The molecule has 1 aliphatic rings. The summed E-state index contributed by atoms with van der Waals surface area (Å²) in [4.78, 5) is 16.2. The van der Waals surface area contributed by atoms with E-state index >= 15 is 0 Å². The third-order valence-corrected chi connectivity index (χ3v) is 4.11. The summed E-state index contributed by atoms with van der Waals surface area (Å²) in [5, 5.41) is 2.71. The van der Waals surface area contributed by atoms with Gasteiger partial charge in [0.1, 0.15) is 5.82 Å². The van der Waals surface area contributed by atoms with Crippen LogP contribution >= 0.6 is 0 Å². The van der Waals surface area contributed by atoms with Crippen molar-refractivity contribution >= 4 is 16.9 Å². The average molecular weight is 307 g/mol. The Morgan fingerprint density at radius 2 is 2.18 bits per heavy atom. The number of aromatic nitrogens is 2. The van der Waals surface area contributed by atoms with Crippen molar-refractivity contribution in [2.75, 3.05) is 6.54 Å². The van der Waals surface area contributed by atoms with Gasteiger partial charge in [-0.2, -0.15) is 0 Å². The van der Waals surface area contributed by atoms with Gasteiger partial charge in [0.25, 0.3) is 5.92 Å². The molecule has 0 aliphatic heterocycles. The number of amides is 1. The molecule has 0 spiro atoms. The van der Waals surface area contributed by atoms with Crippen LogP contribution in [0.4, 0.5) is 8.78 Å². The monoisotopic (exact) mass is 307 g/mol. The van der Waals surface area contributed by atoms with Gasteiger partial charge in [-0.05, 0) is 19.1 Å². The average Bonchev–Trinajstić information content (AvgIpc) is 2.93. The summed E-state index contributed by atoms with van der Waals surface area (Å²) < 4.78 is 27.6. The third kappa shape index (κ3) is 2.96. The molecule has 0 radical (unpaired) electrons. The first-order chi connectivity index (χ1) is 10.5. The van der Waals surface area contributed by atoms with E-state index in [4.69, 9.17) is 0 Å². The van der Waals surface area contributed by atoms with E-state index in [1.165, 1.54) is 0 Å². The molecule has 1 N–H and O–H groups in total. The zero-order valence-corrected chi connectivity index (χ0v) is 12.5. The maximum Gasteiger partial charge on any atom is 0.252 e. The SMILES string of the molecule is CCn1c(CCNC(=O)C[C@H]2CC2(F)F)nc2ccccc21. The summed E-state index contributed by atoms with van der Waals surface area (Å²) in [6, 6.07) is 7.89. The zero-order valence-electron chi connectivity index (χ0n) is 12.5. The van der Waals surface area contributed by atoms with E-state index in [1.807, 2.05) is 31.2 Å². The molecule has 1 heterocycles. The molecule has 0 unspecified atom stereocenters. The molecule has 1 aliphatic carbocycles. The van der Waals surface area contributed by atoms with Crippen molar-refractivity contribution in [2.24, 2.45) is 5.92 Å². The Hall–Kier alpha value is -1.98. The van der Waals surface area contributed by atoms with Gasteiger partial charge >= 0.3 is 0 Å². The maximum absolute atomic E-state index is 12.8. The Labute approximate surface area is 127 Å². The fourth-order valence-corrected chi connectivity index (χ4v) is 2.77. The summed E-state index contributed by atoms with van der Waals surface area (Å²) in [7, 11) is 0. The molecule has 0 bridgehead atoms. The number of para-hydroxylation sites is 2. The Morgan fingerprint density at radius 1 is 1.45 bits per heavy atom. The normalized spacial score (nSPS) is 19.3. The molecule has 1 saturated carbocycles. The Balaban J connectivity index is 1.56. The highest BCUT2D eigenvalue weighted by Crippen LogP contribution is 2.50. The van der Waals surface area contributed by atoms with Crippen molar-refractivity contribution in [3.05, 3.63) is 30.1 Å². The first-order valence-electron chi connectivity index (χ1n) is 7.60. The summed E-state index contributed by atoms with van der Waals surface area (Å²) in [5.74, 6) is -2.80. The number of nitrogens with one attached hydrogen (secondary N) is 1. The number of aryl methyl sites for hydroxylation is 1. The van der Waals surface area contributed by atoms with E-state index in [2.05, 4.69) is 14.9 Å². The van der Waals surface area contributed by atoms with Crippen molar-refractivity contribution in [1.29, 1.82) is 0 Å². The van der Waals surface area contributed by atoms with Crippen molar-refractivity contribution in [3.8, 4) is 0 Å². The zero-order chi connectivity index (χ0) is 15.7. The fourth-order valence-electron chi connectivity index (χ4n) is 2.77. The number of imidazole rings is 1. The summed E-state index contributed by atoms with van der Waals surface area (Å²) in [6.45, 7) is 3.27. The summed E-state index contributed by atoms with van der Waals surface area (Å²) in [6.07, 6.45) is 0.346. The van der Waals surface area contributed by atoms with Crippen LogP contribution in [0.1, 0.15) is 25.6 Å². The predicted octanol–water partition coefficient (Wildman–Crippen LogP) is 2.76. The van der Waals surface area contributed by atoms with Crippen molar-refractivity contribution in [2.45, 2.75) is 38.7 Å². The van der Waals surface area contributed by atoms with Crippen molar-refractivity contribution in [1.82, 2.24) is 14.9 Å². The topological polar surface area (TPSA) is 46.9 Å². The van der Waals surface area contributed by atoms with Crippen LogP contribution in [0.3, 0.4) is 0 Å². The molecule has 4 nitrogen and oxygen atoms in total. The Morgan fingerprint density at radius 3 is 2.86 bits per heavy atom. The smallest absolute Gasteiger partial charge is 0.252 e. The number of carbonyl (C=O) groups excluding carboxylic acids is 1. The van der Waals surface area contributed by atoms with Crippen LogP contribution in [0, 0.1) is 5.92 Å². The van der Waals surface area contributed by atoms with E-state index in [9.17, 15) is 13.6 Å². The standard InChI is InChI=1S/C16H19F2N3O/c1-2-21-13-6-4-3-5-12(13)20-14(21)7-8-19-15(22)9-11-10-16(11,17)18/h3-6,11H,2,7-10H2,1H3,(H,19,22)/t11-/m0/s1. The van der Waals surface area contributed by atoms with Gasteiger partial charge in [0.15, 0.2) is 0 Å². The fraction of sp³-hybridized carbons (Fsp3) is 0.500. The molecule has 1 aromatic carbocycles. The second kappa shape index (κ2) is 5.66. The van der Waals surface area contributed by atoms with Gasteiger partial charge in [0, 0.05) is 38.3 Å². The van der Waals surface area contributed by atoms with Gasteiger partial charge in [-0.25, -0.2) is 13.8 Å². The second-order valence-electron chi connectivity index (χ2n) is 5.73. The molecule has 1 fully saturated rings. The molecule has 1 aromatic heterocycles. The predicted molar refractivity (Wildman–Crippen MR) is 79.8 cm³/mol. The van der Waals surface area contributed by atoms with E-state index in [0.717, 1.165) is 23.4 Å². The molecule has 0 saturated heterocycles. The lowest BCUT2D eigenvalue weighted by molar-refractivity contribution is -0.122. The molecular weight excluding hydrogens is 288 g/mol. The van der Waals surface area contributed by atoms with E-state index in [1.54, 1.807) is 0 Å². The Bertz CT molecular complexity index is 696. The Kier molecular flexibility index (Phi) is 3.85. The summed E-state index contributed by atoms with van der Waals surface area (Å²) in [5.41, 5.74) is 2.01. The van der Waals surface area contributed by atoms with Crippen LogP contribution in [0.2, 0.25) is 0 Å². The molecule has 118 valence electrons. The lowest BCUT2D eigenvalue weighted by atomic mass is 10.2. The van der Waals surface area contributed by atoms with E-state index < -0.39 is 11.8 Å². The lowest BCUT2D eigenvalue weighted by Gasteiger charge is -2.07. The van der Waals surface area contributed by atoms with Crippen LogP contribution < -0.4 is 5.32 Å². The number of benzene rings is 1. The van der Waals surface area contributed by atoms with Crippen LogP contribution in [-0.2, 0) is 17.8 Å². The van der Waals surface area contributed by atoms with Crippen LogP contribution in [0.25, 0.3) is 11.0 Å². The van der Waals surface area contributed by atoms with Gasteiger partial charge in [0.05, 0.1) is 11.0 Å². The van der Waals surface area contributed by atoms with Gasteiger partial charge in [-0.3, -0.25) is 4.79 Å². The molecular formula is C16H19F2N3O. The first kappa shape index (κ1) is 14.9. The van der Waals surface area contributed by atoms with E-state index in [0.29, 0.717) is 13.0 Å². The highest BCUT2D eigenvalue weighted by molar-refractivity contribution is 5.77. The van der Waals surface area contributed by atoms with Gasteiger partial charge in [-0.15, -0.1) is 0 Å². The van der Waals surface area contributed by atoms with Crippen molar-refractivity contribution < 1.29 is 13.6 Å². The minimum absolute atomic E-state index is 0.0861. The minimum atomic E-state index is -2.63. The summed E-state index contributed by atoms with van der Waals surface area (Å²) >= 11 is 0. The van der Waals surface area contributed by atoms with Gasteiger partial charge in [0.2, 0.25) is 5.91 Å². The number of hydrogen-bond donors (Lipinski definition) is 1. The number of halogens is 2. The largest absolute Gasteiger partial charge is 0.356 e. The molecule has 1 atom stereocenters. The second-order valence-corrected chi connectivity index (χ2v) is 5.73. The quantitative estimate of drug-likeness (QED) is 0.892. The number of carbonyl (C=O) groups is 1. The lowest BCUT2D eigenvalue weighted by Crippen LogP contribution is -2.27. The van der Waals surface area contributed by atoms with Crippen LogP contribution in [0.5, 0.6) is 0 Å². The molecule has 1 amide bonds. The highest BCUT2D eigenvalue weighted by atomic mass is 19.3. The molecule has 6 heteroatoms. The number of nitrogens with zero attached hydrogens (tertiary/aromatic N) is 2. The molecule has 2 aromatic rings. The first-order valence-corrected chi connectivity index (χ1v) is 7.60. The maximum atomic E-state index is 12.8. The van der Waals surface area contributed by atoms with Crippen LogP contribution in [0.15, 0.2) is 24.3 Å². The van der Waals surface area contributed by atoms with Gasteiger partial charge < -0.3 is 9.88 Å². The molecule has 3 rings (SSSR count). The minimum Gasteiger partial charge on any atom is -0.356 e. The molecule has 22 heavy (non-hydrogen) atoms. The number of fused-ring (bicyclic) bond motifs is 1. The highest BCUT2D eigenvalue weighted by Gasteiger charge is 2.57.